The highest BCUT2D eigenvalue weighted by Crippen LogP contribution is 2.35. The van der Waals surface area contributed by atoms with E-state index in [-0.39, 0.29) is 20.6 Å². The lowest BCUT2D eigenvalue weighted by Crippen LogP contribution is -2.22. The molecule has 3 N–H and O–H groups in total. The number of anilines is 2. The van der Waals surface area contributed by atoms with Crippen LogP contribution in [0, 0.1) is 0 Å². The Labute approximate surface area is 299 Å². The highest BCUT2D eigenvalue weighted by atomic mass is 32.2. The van der Waals surface area contributed by atoms with Crippen molar-refractivity contribution in [1.29, 1.82) is 0 Å². The second-order valence-electron chi connectivity index (χ2n) is 11.9. The molecule has 51 heavy (non-hydrogen) atoms. The van der Waals surface area contributed by atoms with E-state index in [1.807, 2.05) is 62.4 Å². The summed E-state index contributed by atoms with van der Waals surface area (Å²) >= 11 is 0. The molecule has 0 aliphatic heterocycles. The summed E-state index contributed by atoms with van der Waals surface area (Å²) in [5.41, 5.74) is 5.78. The van der Waals surface area contributed by atoms with Gasteiger partial charge in [0.15, 0.2) is 0 Å². The lowest BCUT2D eigenvalue weighted by Gasteiger charge is -2.26. The Bertz CT molecular complexity index is 2180. The van der Waals surface area contributed by atoms with Gasteiger partial charge in [0.05, 0.1) is 14.7 Å². The molecule has 0 aliphatic carbocycles. The highest BCUT2D eigenvalue weighted by molar-refractivity contribution is 7.86. The van der Waals surface area contributed by atoms with Crippen LogP contribution in [-0.4, -0.2) is 52.0 Å². The zero-order valence-corrected chi connectivity index (χ0v) is 30.3. The van der Waals surface area contributed by atoms with E-state index in [9.17, 15) is 38.9 Å². The van der Waals surface area contributed by atoms with Crippen LogP contribution in [0.3, 0.4) is 0 Å². The first-order chi connectivity index (χ1) is 24.1. The van der Waals surface area contributed by atoms with E-state index in [1.165, 1.54) is 36.4 Å². The van der Waals surface area contributed by atoms with E-state index in [1.54, 1.807) is 36.4 Å². The van der Waals surface area contributed by atoms with Crippen LogP contribution in [0.4, 0.5) is 11.4 Å². The highest BCUT2D eigenvalue weighted by Gasteiger charge is 2.20. The Morgan fingerprint density at radius 3 is 1.12 bits per heavy atom. The van der Waals surface area contributed by atoms with Gasteiger partial charge in [-0.25, -0.2) is 0 Å². The first-order valence-electron chi connectivity index (χ1n) is 16.0. The number of benzene rings is 5. The molecule has 0 unspecified atom stereocenters. The van der Waals surface area contributed by atoms with Crippen molar-refractivity contribution in [1.82, 2.24) is 0 Å². The minimum Gasteiger partial charge on any atom is -0.367 e. The van der Waals surface area contributed by atoms with Crippen LogP contribution in [0.2, 0.25) is 0 Å². The van der Waals surface area contributed by atoms with Crippen LogP contribution in [0.15, 0.2) is 136 Å². The molecule has 0 spiro atoms. The van der Waals surface area contributed by atoms with Gasteiger partial charge in [0.2, 0.25) is 0 Å². The minimum atomic E-state index is -4.39. The predicted octanol–water partition coefficient (Wildman–Crippen LogP) is 6.66. The Balaban J connectivity index is 1.46. The lowest BCUT2D eigenvalue weighted by molar-refractivity contribution is 0.481. The Hall–Kier alpha value is -4.57. The van der Waals surface area contributed by atoms with Crippen LogP contribution in [-0.2, 0) is 43.4 Å². The number of rotatable bonds is 14. The van der Waals surface area contributed by atoms with Crippen LogP contribution in [0.1, 0.15) is 47.6 Å². The summed E-state index contributed by atoms with van der Waals surface area (Å²) in [6.45, 7) is 5.99. The van der Waals surface area contributed by atoms with Gasteiger partial charge in [0.25, 0.3) is 30.4 Å². The van der Waals surface area contributed by atoms with Gasteiger partial charge in [0.1, 0.15) is 0 Å². The maximum absolute atomic E-state index is 11.8. The topological polar surface area (TPSA) is 170 Å². The van der Waals surface area contributed by atoms with Crippen molar-refractivity contribution in [3.63, 3.8) is 0 Å². The largest absolute Gasteiger partial charge is 0.367 e. The smallest absolute Gasteiger partial charge is 0.294 e. The Morgan fingerprint density at radius 2 is 0.804 bits per heavy atom. The van der Waals surface area contributed by atoms with E-state index < -0.39 is 30.4 Å². The van der Waals surface area contributed by atoms with E-state index >= 15 is 0 Å². The first-order valence-corrected chi connectivity index (χ1v) is 20.3. The molecule has 0 bridgehead atoms. The molecule has 268 valence electrons. The average molecular weight is 751 g/mol. The van der Waals surface area contributed by atoms with Crippen LogP contribution in [0.25, 0.3) is 0 Å². The van der Waals surface area contributed by atoms with Crippen molar-refractivity contribution in [2.45, 2.75) is 47.5 Å². The standard InChI is InChI=1S/C37H38N2O9S3/c1-3-38(25-27-7-5-9-35(23-27)50(43,44)45)32-17-11-29(12-18-32)37(31-15-21-34(22-16-31)49(40,41)42)30-13-19-33(20-14-30)39(4-2)26-28-8-6-10-36(24-28)51(46,47)48/h5-24,37H,3-4,25-26H2,1-2H3,(H,40,41,42)(H,43,44,45)(H,46,47,48). The van der Waals surface area contributed by atoms with E-state index in [0.717, 1.165) is 28.1 Å². The maximum Gasteiger partial charge on any atom is 0.294 e. The molecule has 0 saturated carbocycles. The average Bonchev–Trinajstić information content (AvgIpc) is 3.10. The van der Waals surface area contributed by atoms with Gasteiger partial charge in [-0.1, -0.05) is 60.7 Å². The molecule has 5 aromatic carbocycles. The molecular formula is C37H38N2O9S3. The van der Waals surface area contributed by atoms with Crippen LogP contribution >= 0.6 is 0 Å². The maximum atomic E-state index is 11.8. The Morgan fingerprint density at radius 1 is 0.471 bits per heavy atom. The molecular weight excluding hydrogens is 713 g/mol. The van der Waals surface area contributed by atoms with Gasteiger partial charge in [-0.2, -0.15) is 25.3 Å². The summed E-state index contributed by atoms with van der Waals surface area (Å²) in [5, 5.41) is 0. The molecule has 0 radical (unpaired) electrons. The summed E-state index contributed by atoms with van der Waals surface area (Å²) in [5.74, 6) is -0.327. The second-order valence-corrected chi connectivity index (χ2v) is 16.2. The third kappa shape index (κ3) is 9.41. The van der Waals surface area contributed by atoms with E-state index in [0.29, 0.717) is 37.3 Å². The molecule has 0 saturated heterocycles. The second kappa shape index (κ2) is 15.4. The molecule has 0 atom stereocenters. The van der Waals surface area contributed by atoms with Gasteiger partial charge in [-0.15, -0.1) is 0 Å². The minimum absolute atomic E-state index is 0.173. The summed E-state index contributed by atoms with van der Waals surface area (Å²) < 4.78 is 98.7. The molecule has 0 aliphatic rings. The number of hydrogen-bond donors (Lipinski definition) is 3. The van der Waals surface area contributed by atoms with Gasteiger partial charge in [0, 0.05) is 43.5 Å². The fourth-order valence-corrected chi connectivity index (χ4v) is 7.57. The fraction of sp³-hybridized carbons (Fsp3) is 0.189. The van der Waals surface area contributed by atoms with Gasteiger partial charge in [-0.3, -0.25) is 13.7 Å². The summed E-state index contributed by atoms with van der Waals surface area (Å²) in [6, 6.07) is 34.1. The summed E-state index contributed by atoms with van der Waals surface area (Å²) in [6.07, 6.45) is 0. The quantitative estimate of drug-likeness (QED) is 0.0820. The third-order valence-electron chi connectivity index (χ3n) is 8.60. The predicted molar refractivity (Wildman–Crippen MR) is 196 cm³/mol. The summed E-state index contributed by atoms with van der Waals surface area (Å²) in [7, 11) is -13.1. The Kier molecular flexibility index (Phi) is 11.3. The zero-order valence-electron chi connectivity index (χ0n) is 27.9. The molecule has 11 nitrogen and oxygen atoms in total. The molecule has 0 aromatic heterocycles. The number of nitrogens with zero attached hydrogens (tertiary/aromatic N) is 2. The van der Waals surface area contributed by atoms with Crippen molar-refractivity contribution >= 4 is 41.7 Å². The van der Waals surface area contributed by atoms with Crippen LogP contribution in [0.5, 0.6) is 0 Å². The first kappa shape index (κ1) is 37.7. The normalized spacial score (nSPS) is 12.2. The van der Waals surface area contributed by atoms with Gasteiger partial charge in [-0.05, 0) is 102 Å². The lowest BCUT2D eigenvalue weighted by atomic mass is 9.85. The van der Waals surface area contributed by atoms with Crippen molar-refractivity contribution in [2.75, 3.05) is 22.9 Å². The van der Waals surface area contributed by atoms with E-state index in [2.05, 4.69) is 9.80 Å². The molecule has 5 aromatic rings. The molecule has 0 fully saturated rings. The van der Waals surface area contributed by atoms with Crippen molar-refractivity contribution < 1.29 is 38.9 Å². The van der Waals surface area contributed by atoms with Gasteiger partial charge >= 0.3 is 0 Å². The van der Waals surface area contributed by atoms with Gasteiger partial charge < -0.3 is 9.80 Å². The van der Waals surface area contributed by atoms with Crippen LogP contribution < -0.4 is 9.80 Å². The SMILES string of the molecule is CCN(Cc1cccc(S(=O)(=O)O)c1)c1ccc(C(c2ccc(N(CC)Cc3cccc(S(=O)(=O)O)c3)cc2)c2ccc(S(=O)(=O)O)cc2)cc1. The molecule has 0 heterocycles. The van der Waals surface area contributed by atoms with E-state index in [4.69, 9.17) is 0 Å². The van der Waals surface area contributed by atoms with Crippen molar-refractivity contribution in [3.8, 4) is 0 Å². The fourth-order valence-electron chi connectivity index (χ4n) is 5.99. The van der Waals surface area contributed by atoms with Crippen molar-refractivity contribution in [3.05, 3.63) is 149 Å². The zero-order chi connectivity index (χ0) is 37.0. The summed E-state index contributed by atoms with van der Waals surface area (Å²) in [4.78, 5) is 3.55. The van der Waals surface area contributed by atoms with Crippen molar-refractivity contribution in [2.24, 2.45) is 0 Å². The molecule has 5 rings (SSSR count). The monoisotopic (exact) mass is 750 g/mol. The number of hydrogen-bond acceptors (Lipinski definition) is 8. The third-order valence-corrected chi connectivity index (χ3v) is 11.2. The molecule has 14 heteroatoms. The molecule has 0 amide bonds.